The van der Waals surface area contributed by atoms with E-state index in [1.165, 1.54) is 0 Å². The second-order valence-electron chi connectivity index (χ2n) is 5.19. The monoisotopic (exact) mass is 294 g/mol. The Morgan fingerprint density at radius 1 is 1.45 bits per heavy atom. The lowest BCUT2D eigenvalue weighted by Crippen LogP contribution is -2.36. The third-order valence-electron chi connectivity index (χ3n) is 3.33. The van der Waals surface area contributed by atoms with Gasteiger partial charge in [-0.3, -0.25) is 4.68 Å². The summed E-state index contributed by atoms with van der Waals surface area (Å²) in [5.74, 6) is 0. The molecule has 0 aromatic carbocycles. The molecule has 2 N–H and O–H groups in total. The standard InChI is InChI=1S/C14H19ClN4O/c1-10(11-4-5-13(15)16-6-11)17-9-14(2,20)12-7-18-19(3)8-12/h4-8,10,17,20H,9H2,1-3H3/t10-,14-/m0/s1. The molecule has 0 bridgehead atoms. The maximum absolute atomic E-state index is 10.5. The summed E-state index contributed by atoms with van der Waals surface area (Å²) in [6, 6.07) is 3.75. The van der Waals surface area contributed by atoms with E-state index in [4.69, 9.17) is 11.6 Å². The zero-order chi connectivity index (χ0) is 14.8. The summed E-state index contributed by atoms with van der Waals surface area (Å²) >= 11 is 5.77. The van der Waals surface area contributed by atoms with Gasteiger partial charge in [-0.1, -0.05) is 17.7 Å². The van der Waals surface area contributed by atoms with Crippen LogP contribution in [0.5, 0.6) is 0 Å². The molecule has 2 heterocycles. The van der Waals surface area contributed by atoms with Crippen molar-refractivity contribution < 1.29 is 5.11 Å². The molecule has 5 nitrogen and oxygen atoms in total. The molecule has 0 aliphatic carbocycles. The fraction of sp³-hybridized carbons (Fsp3) is 0.429. The van der Waals surface area contributed by atoms with E-state index in [9.17, 15) is 5.11 Å². The number of aliphatic hydroxyl groups is 1. The van der Waals surface area contributed by atoms with Crippen molar-refractivity contribution in [2.24, 2.45) is 7.05 Å². The Balaban J connectivity index is 1.98. The molecule has 2 rings (SSSR count). The molecule has 0 fully saturated rings. The van der Waals surface area contributed by atoms with E-state index in [1.807, 2.05) is 26.2 Å². The molecule has 0 radical (unpaired) electrons. The van der Waals surface area contributed by atoms with Crippen LogP contribution in [-0.2, 0) is 12.6 Å². The zero-order valence-electron chi connectivity index (χ0n) is 11.8. The second-order valence-corrected chi connectivity index (χ2v) is 5.58. The van der Waals surface area contributed by atoms with Gasteiger partial charge in [0, 0.05) is 37.6 Å². The Labute approximate surface area is 123 Å². The van der Waals surface area contributed by atoms with Crippen molar-refractivity contribution >= 4 is 11.6 Å². The van der Waals surface area contributed by atoms with Crippen LogP contribution in [0.25, 0.3) is 0 Å². The van der Waals surface area contributed by atoms with Crippen molar-refractivity contribution in [3.63, 3.8) is 0 Å². The third kappa shape index (κ3) is 3.56. The Bertz CT molecular complexity index is 565. The van der Waals surface area contributed by atoms with Gasteiger partial charge in [0.2, 0.25) is 0 Å². The summed E-state index contributed by atoms with van der Waals surface area (Å²) < 4.78 is 1.68. The molecule has 20 heavy (non-hydrogen) atoms. The van der Waals surface area contributed by atoms with Crippen molar-refractivity contribution in [2.75, 3.05) is 6.54 Å². The van der Waals surface area contributed by atoms with Crippen LogP contribution in [0.15, 0.2) is 30.7 Å². The van der Waals surface area contributed by atoms with Crippen LogP contribution < -0.4 is 5.32 Å². The fourth-order valence-electron chi connectivity index (χ4n) is 1.91. The molecule has 108 valence electrons. The topological polar surface area (TPSA) is 63.0 Å². The summed E-state index contributed by atoms with van der Waals surface area (Å²) in [6.45, 7) is 4.20. The molecule has 2 aromatic heterocycles. The van der Waals surface area contributed by atoms with E-state index in [0.717, 1.165) is 11.1 Å². The van der Waals surface area contributed by atoms with Crippen molar-refractivity contribution in [1.82, 2.24) is 20.1 Å². The molecule has 0 aliphatic rings. The number of nitrogens with zero attached hydrogens (tertiary/aromatic N) is 3. The summed E-state index contributed by atoms with van der Waals surface area (Å²) in [5, 5.41) is 18.3. The molecule has 2 aromatic rings. The molecule has 6 heteroatoms. The molecule has 0 aliphatic heterocycles. The maximum Gasteiger partial charge on any atom is 0.129 e. The lowest BCUT2D eigenvalue weighted by molar-refractivity contribution is 0.0543. The Hall–Kier alpha value is -1.43. The maximum atomic E-state index is 10.5. The van der Waals surface area contributed by atoms with Gasteiger partial charge >= 0.3 is 0 Å². The Morgan fingerprint density at radius 3 is 2.75 bits per heavy atom. The average molecular weight is 295 g/mol. The first-order chi connectivity index (χ1) is 9.38. The molecule has 0 unspecified atom stereocenters. The van der Waals surface area contributed by atoms with Gasteiger partial charge < -0.3 is 10.4 Å². The highest BCUT2D eigenvalue weighted by Gasteiger charge is 2.25. The smallest absolute Gasteiger partial charge is 0.129 e. The number of rotatable bonds is 5. The van der Waals surface area contributed by atoms with Crippen LogP contribution in [-0.4, -0.2) is 26.4 Å². The fourth-order valence-corrected chi connectivity index (χ4v) is 2.03. The minimum Gasteiger partial charge on any atom is -0.384 e. The summed E-state index contributed by atoms with van der Waals surface area (Å²) in [7, 11) is 1.83. The van der Waals surface area contributed by atoms with Gasteiger partial charge in [-0.05, 0) is 25.5 Å². The lowest BCUT2D eigenvalue weighted by Gasteiger charge is -2.25. The van der Waals surface area contributed by atoms with E-state index < -0.39 is 5.60 Å². The predicted molar refractivity (Wildman–Crippen MR) is 78.4 cm³/mol. The van der Waals surface area contributed by atoms with Gasteiger partial charge in [-0.25, -0.2) is 4.98 Å². The van der Waals surface area contributed by atoms with Crippen LogP contribution in [0.3, 0.4) is 0 Å². The van der Waals surface area contributed by atoms with Gasteiger partial charge in [0.25, 0.3) is 0 Å². The molecule has 0 spiro atoms. The first-order valence-electron chi connectivity index (χ1n) is 6.45. The number of aromatic nitrogens is 3. The molecular weight excluding hydrogens is 276 g/mol. The van der Waals surface area contributed by atoms with Gasteiger partial charge in [0.15, 0.2) is 0 Å². The second kappa shape index (κ2) is 5.91. The summed E-state index contributed by atoms with van der Waals surface area (Å²) in [6.07, 6.45) is 5.23. The highest BCUT2D eigenvalue weighted by molar-refractivity contribution is 6.29. The number of hydrogen-bond donors (Lipinski definition) is 2. The normalized spacial score (nSPS) is 15.8. The SMILES string of the molecule is C[C@H](NC[C@](C)(O)c1cnn(C)c1)c1ccc(Cl)nc1. The van der Waals surface area contributed by atoms with Crippen LogP contribution in [0, 0.1) is 0 Å². The summed E-state index contributed by atoms with van der Waals surface area (Å²) in [4.78, 5) is 4.06. The van der Waals surface area contributed by atoms with E-state index in [2.05, 4.69) is 15.4 Å². The first-order valence-corrected chi connectivity index (χ1v) is 6.82. The van der Waals surface area contributed by atoms with E-state index in [-0.39, 0.29) is 6.04 Å². The predicted octanol–water partition coefficient (Wildman–Crippen LogP) is 2.03. The van der Waals surface area contributed by atoms with Crippen molar-refractivity contribution in [3.8, 4) is 0 Å². The van der Waals surface area contributed by atoms with Crippen molar-refractivity contribution in [2.45, 2.75) is 25.5 Å². The number of aryl methyl sites for hydroxylation is 1. The van der Waals surface area contributed by atoms with Crippen LogP contribution in [0.1, 0.15) is 31.0 Å². The third-order valence-corrected chi connectivity index (χ3v) is 3.55. The van der Waals surface area contributed by atoms with E-state index in [1.54, 1.807) is 30.1 Å². The quantitative estimate of drug-likeness (QED) is 0.828. The van der Waals surface area contributed by atoms with Crippen molar-refractivity contribution in [3.05, 3.63) is 47.0 Å². The Morgan fingerprint density at radius 2 is 2.20 bits per heavy atom. The minimum atomic E-state index is -0.970. The zero-order valence-corrected chi connectivity index (χ0v) is 12.6. The van der Waals surface area contributed by atoms with Gasteiger partial charge in [-0.2, -0.15) is 5.10 Å². The number of halogens is 1. The molecule has 0 saturated carbocycles. The van der Waals surface area contributed by atoms with Crippen LogP contribution in [0.4, 0.5) is 0 Å². The van der Waals surface area contributed by atoms with Crippen LogP contribution in [0.2, 0.25) is 5.15 Å². The minimum absolute atomic E-state index is 0.0721. The first kappa shape index (κ1) is 15.0. The molecule has 0 saturated heterocycles. The average Bonchev–Trinajstić information content (AvgIpc) is 2.84. The van der Waals surface area contributed by atoms with Crippen LogP contribution >= 0.6 is 11.6 Å². The van der Waals surface area contributed by atoms with Gasteiger partial charge in [0.05, 0.1) is 6.20 Å². The highest BCUT2D eigenvalue weighted by atomic mass is 35.5. The van der Waals surface area contributed by atoms with E-state index >= 15 is 0 Å². The number of pyridine rings is 1. The van der Waals surface area contributed by atoms with E-state index in [0.29, 0.717) is 11.7 Å². The number of nitrogens with one attached hydrogen (secondary N) is 1. The molecule has 2 atom stereocenters. The highest BCUT2D eigenvalue weighted by Crippen LogP contribution is 2.20. The summed E-state index contributed by atoms with van der Waals surface area (Å²) in [5.41, 5.74) is 0.841. The molecular formula is C14H19ClN4O. The van der Waals surface area contributed by atoms with Gasteiger partial charge in [-0.15, -0.1) is 0 Å². The number of hydrogen-bond acceptors (Lipinski definition) is 4. The Kier molecular flexibility index (Phi) is 4.42. The lowest BCUT2D eigenvalue weighted by atomic mass is 9.99. The molecule has 0 amide bonds. The van der Waals surface area contributed by atoms with Gasteiger partial charge in [0.1, 0.15) is 10.8 Å². The van der Waals surface area contributed by atoms with Crippen molar-refractivity contribution in [1.29, 1.82) is 0 Å². The largest absolute Gasteiger partial charge is 0.384 e.